The third-order valence-electron chi connectivity index (χ3n) is 7.12. The number of carboxylic acid groups (broad SMARTS) is 1. The van der Waals surface area contributed by atoms with Crippen molar-refractivity contribution in [2.75, 3.05) is 43.4 Å². The molecule has 0 radical (unpaired) electrons. The molecule has 0 saturated carbocycles. The number of carboxylic acids is 1. The van der Waals surface area contributed by atoms with Gasteiger partial charge in [0, 0.05) is 43.0 Å². The van der Waals surface area contributed by atoms with Gasteiger partial charge in [0.25, 0.3) is 11.8 Å². The molecule has 2 aliphatic rings. The van der Waals surface area contributed by atoms with Crippen molar-refractivity contribution in [3.05, 3.63) is 94.5 Å². The Labute approximate surface area is 237 Å². The summed E-state index contributed by atoms with van der Waals surface area (Å²) in [6, 6.07) is 19.5. The summed E-state index contributed by atoms with van der Waals surface area (Å²) in [5.74, 6) is -1.62. The molecular weight excluding hydrogens is 522 g/mol. The quantitative estimate of drug-likeness (QED) is 0.270. The number of hydrogen-bond donors (Lipinski definition) is 5. The van der Waals surface area contributed by atoms with Gasteiger partial charge in [-0.05, 0) is 60.9 Å². The molecule has 0 unspecified atom stereocenters. The molecular formula is C31H31N5O5. The van der Waals surface area contributed by atoms with E-state index in [1.807, 2.05) is 35.2 Å². The van der Waals surface area contributed by atoms with Crippen LogP contribution in [-0.2, 0) is 9.59 Å². The second-order valence-corrected chi connectivity index (χ2v) is 10.0. The fourth-order valence-corrected chi connectivity index (χ4v) is 5.03. The molecule has 0 atom stereocenters. The number of rotatable bonds is 8. The smallest absolute Gasteiger partial charge is 0.336 e. The molecule has 0 bridgehead atoms. The fourth-order valence-electron chi connectivity index (χ4n) is 5.03. The summed E-state index contributed by atoms with van der Waals surface area (Å²) in [6.45, 7) is 4.52. The summed E-state index contributed by atoms with van der Waals surface area (Å²) in [7, 11) is 0. The minimum absolute atomic E-state index is 0.000439. The van der Waals surface area contributed by atoms with E-state index in [9.17, 15) is 24.3 Å². The number of aromatic carboxylic acids is 1. The van der Waals surface area contributed by atoms with Crippen LogP contribution in [0.2, 0.25) is 0 Å². The van der Waals surface area contributed by atoms with Crippen LogP contribution in [-0.4, -0.2) is 66.4 Å². The predicted molar refractivity (Wildman–Crippen MR) is 156 cm³/mol. The average molecular weight is 554 g/mol. The topological polar surface area (TPSA) is 140 Å². The lowest BCUT2D eigenvalue weighted by molar-refractivity contribution is -0.121. The summed E-state index contributed by atoms with van der Waals surface area (Å²) in [5.41, 5.74) is 4.62. The van der Waals surface area contributed by atoms with Crippen LogP contribution in [0.1, 0.15) is 43.8 Å². The van der Waals surface area contributed by atoms with Gasteiger partial charge in [-0.1, -0.05) is 30.3 Å². The van der Waals surface area contributed by atoms with E-state index < -0.39 is 5.97 Å². The number of carbonyl (C=O) groups is 4. The van der Waals surface area contributed by atoms with Crippen LogP contribution < -0.4 is 21.3 Å². The molecule has 10 nitrogen and oxygen atoms in total. The zero-order valence-electron chi connectivity index (χ0n) is 22.6. The van der Waals surface area contributed by atoms with Crippen molar-refractivity contribution in [2.45, 2.75) is 13.3 Å². The van der Waals surface area contributed by atoms with E-state index in [1.54, 1.807) is 37.3 Å². The van der Waals surface area contributed by atoms with Crippen LogP contribution in [0.4, 0.5) is 11.4 Å². The Morgan fingerprint density at radius 1 is 1.00 bits per heavy atom. The second-order valence-electron chi connectivity index (χ2n) is 10.0. The summed E-state index contributed by atoms with van der Waals surface area (Å²) in [4.78, 5) is 51.3. The van der Waals surface area contributed by atoms with Crippen molar-refractivity contribution < 1.29 is 24.3 Å². The first-order valence-corrected chi connectivity index (χ1v) is 13.4. The van der Waals surface area contributed by atoms with Gasteiger partial charge in [0.15, 0.2) is 0 Å². The molecule has 2 aliphatic heterocycles. The lowest BCUT2D eigenvalue weighted by Gasteiger charge is -2.18. The van der Waals surface area contributed by atoms with E-state index >= 15 is 0 Å². The van der Waals surface area contributed by atoms with E-state index in [4.69, 9.17) is 0 Å². The Balaban J connectivity index is 1.35. The summed E-state index contributed by atoms with van der Waals surface area (Å²) < 4.78 is 0. The third-order valence-corrected chi connectivity index (χ3v) is 7.12. The van der Waals surface area contributed by atoms with Crippen LogP contribution in [0, 0.1) is 6.92 Å². The zero-order chi connectivity index (χ0) is 28.9. The first-order chi connectivity index (χ1) is 19.8. The number of carbonyl (C=O) groups excluding carboxylic acids is 3. The number of nitrogens with one attached hydrogen (secondary N) is 4. The molecule has 10 heteroatoms. The van der Waals surface area contributed by atoms with E-state index in [0.717, 1.165) is 18.5 Å². The summed E-state index contributed by atoms with van der Waals surface area (Å²) in [6.07, 6.45) is 0.880. The fraction of sp³-hybridized carbons (Fsp3) is 0.226. The van der Waals surface area contributed by atoms with Gasteiger partial charge in [-0.25, -0.2) is 4.79 Å². The van der Waals surface area contributed by atoms with Gasteiger partial charge < -0.3 is 26.4 Å². The van der Waals surface area contributed by atoms with Gasteiger partial charge in [0.1, 0.15) is 0 Å². The monoisotopic (exact) mass is 553 g/mol. The van der Waals surface area contributed by atoms with E-state index in [0.29, 0.717) is 65.5 Å². The van der Waals surface area contributed by atoms with Gasteiger partial charge in [0.2, 0.25) is 5.91 Å². The highest BCUT2D eigenvalue weighted by Gasteiger charge is 2.30. The molecule has 0 aliphatic carbocycles. The SMILES string of the molecule is Cc1cc2c(cc1C(=O)O)NC(=O)/C2=C(/Nc1ccc(C(=O)NCCN2CCCNC(=O)C2)cc1)c1ccccc1. The van der Waals surface area contributed by atoms with Gasteiger partial charge in [-0.15, -0.1) is 0 Å². The van der Waals surface area contributed by atoms with E-state index in [-0.39, 0.29) is 23.3 Å². The van der Waals surface area contributed by atoms with Crippen LogP contribution in [0.5, 0.6) is 0 Å². The van der Waals surface area contributed by atoms with Crippen molar-refractivity contribution in [1.82, 2.24) is 15.5 Å². The molecule has 5 rings (SSSR count). The van der Waals surface area contributed by atoms with Crippen LogP contribution >= 0.6 is 0 Å². The molecule has 2 heterocycles. The summed E-state index contributed by atoms with van der Waals surface area (Å²) >= 11 is 0. The number of anilines is 2. The molecule has 210 valence electrons. The normalized spacial score (nSPS) is 16.2. The van der Waals surface area contributed by atoms with Crippen LogP contribution in [0.3, 0.4) is 0 Å². The van der Waals surface area contributed by atoms with E-state index in [2.05, 4.69) is 21.3 Å². The Kier molecular flexibility index (Phi) is 8.11. The van der Waals surface area contributed by atoms with Crippen LogP contribution in [0.15, 0.2) is 66.7 Å². The van der Waals surface area contributed by atoms with Gasteiger partial charge in [0.05, 0.1) is 29.1 Å². The number of nitrogens with zero attached hydrogens (tertiary/aromatic N) is 1. The van der Waals surface area contributed by atoms with E-state index in [1.165, 1.54) is 6.07 Å². The first kappa shape index (κ1) is 27.6. The van der Waals surface area contributed by atoms with Gasteiger partial charge >= 0.3 is 5.97 Å². The molecule has 3 amide bonds. The van der Waals surface area contributed by atoms with Crippen molar-refractivity contribution in [1.29, 1.82) is 0 Å². The van der Waals surface area contributed by atoms with Crippen molar-refractivity contribution in [2.24, 2.45) is 0 Å². The molecule has 41 heavy (non-hydrogen) atoms. The second kappa shape index (κ2) is 12.1. The average Bonchev–Trinajstić information content (AvgIpc) is 3.12. The number of aryl methyl sites for hydroxylation is 1. The van der Waals surface area contributed by atoms with Crippen molar-refractivity contribution >= 4 is 46.3 Å². The Morgan fingerprint density at radius 3 is 2.49 bits per heavy atom. The molecule has 5 N–H and O–H groups in total. The highest BCUT2D eigenvalue weighted by Crippen LogP contribution is 2.39. The van der Waals surface area contributed by atoms with Gasteiger partial charge in [-0.3, -0.25) is 19.3 Å². The lowest BCUT2D eigenvalue weighted by Crippen LogP contribution is -2.38. The Hall–Kier alpha value is -4.96. The largest absolute Gasteiger partial charge is 0.478 e. The molecule has 1 saturated heterocycles. The third kappa shape index (κ3) is 6.28. The molecule has 1 fully saturated rings. The Morgan fingerprint density at radius 2 is 1.76 bits per heavy atom. The standard InChI is InChI=1S/C31H31N5O5/c1-19-16-24-25(17-23(19)31(40)41)35-30(39)27(24)28(20-6-3-2-4-7-20)34-22-10-8-21(9-11-22)29(38)33-13-15-36-14-5-12-32-26(37)18-36/h2-4,6-11,16-17,34H,5,12-15,18H2,1H3,(H,32,37)(H,33,38)(H,35,39)(H,40,41)/b28-27+. The van der Waals surface area contributed by atoms with Crippen molar-refractivity contribution in [3.63, 3.8) is 0 Å². The predicted octanol–water partition coefficient (Wildman–Crippen LogP) is 3.18. The maximum Gasteiger partial charge on any atom is 0.336 e. The highest BCUT2D eigenvalue weighted by atomic mass is 16.4. The zero-order valence-corrected chi connectivity index (χ0v) is 22.6. The molecule has 3 aromatic carbocycles. The highest BCUT2D eigenvalue weighted by molar-refractivity contribution is 6.37. The first-order valence-electron chi connectivity index (χ1n) is 13.4. The number of hydrogen-bond acceptors (Lipinski definition) is 6. The van der Waals surface area contributed by atoms with Crippen molar-refractivity contribution in [3.8, 4) is 0 Å². The lowest BCUT2D eigenvalue weighted by atomic mass is 9.96. The van der Waals surface area contributed by atoms with Gasteiger partial charge in [-0.2, -0.15) is 0 Å². The maximum atomic E-state index is 13.2. The number of fused-ring (bicyclic) bond motifs is 1. The molecule has 0 aromatic heterocycles. The number of benzene rings is 3. The summed E-state index contributed by atoms with van der Waals surface area (Å²) in [5, 5.41) is 21.4. The van der Waals surface area contributed by atoms with Crippen LogP contribution in [0.25, 0.3) is 11.3 Å². The maximum absolute atomic E-state index is 13.2. The molecule has 3 aromatic rings. The minimum atomic E-state index is -1.06. The minimum Gasteiger partial charge on any atom is -0.478 e. The Bertz CT molecular complexity index is 1530. The molecule has 0 spiro atoms. The number of amides is 3.